The number of likely N-dealkylation sites (tertiary alicyclic amines) is 1. The first-order valence-electron chi connectivity index (χ1n) is 5.73. The van der Waals surface area contributed by atoms with Crippen molar-refractivity contribution >= 4 is 5.97 Å². The molecule has 6 nitrogen and oxygen atoms in total. The second-order valence-corrected chi connectivity index (χ2v) is 4.30. The number of ether oxygens (including phenoxy) is 2. The summed E-state index contributed by atoms with van der Waals surface area (Å²) >= 11 is 0. The van der Waals surface area contributed by atoms with Gasteiger partial charge in [0.2, 0.25) is 0 Å². The van der Waals surface area contributed by atoms with Gasteiger partial charge >= 0.3 is 5.97 Å². The van der Waals surface area contributed by atoms with E-state index in [9.17, 15) is 4.79 Å². The van der Waals surface area contributed by atoms with E-state index in [4.69, 9.17) is 19.0 Å². The molecule has 2 heterocycles. The summed E-state index contributed by atoms with van der Waals surface area (Å²) in [5, 5.41) is 9.00. The molecule has 1 aromatic heterocycles. The van der Waals surface area contributed by atoms with E-state index >= 15 is 0 Å². The predicted molar refractivity (Wildman–Crippen MR) is 62.5 cm³/mol. The molecule has 1 N–H and O–H groups in total. The summed E-state index contributed by atoms with van der Waals surface area (Å²) in [5.74, 6) is -0.501. The van der Waals surface area contributed by atoms with E-state index in [0.717, 1.165) is 0 Å². The van der Waals surface area contributed by atoms with E-state index in [1.54, 1.807) is 14.2 Å². The molecule has 18 heavy (non-hydrogen) atoms. The van der Waals surface area contributed by atoms with E-state index in [1.807, 2.05) is 0 Å². The number of hydrogen-bond acceptors (Lipinski definition) is 5. The molecule has 2 atom stereocenters. The van der Waals surface area contributed by atoms with Gasteiger partial charge in [0.15, 0.2) is 0 Å². The number of carboxylic acids is 1. The zero-order valence-corrected chi connectivity index (χ0v) is 10.5. The maximum Gasteiger partial charge on any atom is 0.339 e. The number of furan rings is 1. The van der Waals surface area contributed by atoms with Crippen molar-refractivity contribution in [1.82, 2.24) is 4.90 Å². The number of aromatic carboxylic acids is 1. The molecular weight excluding hydrogens is 238 g/mol. The quantitative estimate of drug-likeness (QED) is 0.840. The number of methoxy groups -OCH3 is 2. The first kappa shape index (κ1) is 13.1. The third-order valence-electron chi connectivity index (χ3n) is 3.24. The highest BCUT2D eigenvalue weighted by Crippen LogP contribution is 2.20. The molecule has 100 valence electrons. The second-order valence-electron chi connectivity index (χ2n) is 4.30. The van der Waals surface area contributed by atoms with Crippen molar-refractivity contribution in [3.63, 3.8) is 0 Å². The Bertz CT molecular complexity index is 404. The van der Waals surface area contributed by atoms with Gasteiger partial charge in [-0.25, -0.2) is 4.79 Å². The van der Waals surface area contributed by atoms with Gasteiger partial charge in [0.05, 0.1) is 25.0 Å². The van der Waals surface area contributed by atoms with Crippen LogP contribution in [0.4, 0.5) is 0 Å². The lowest BCUT2D eigenvalue weighted by Gasteiger charge is -2.13. The van der Waals surface area contributed by atoms with Crippen molar-refractivity contribution in [3.8, 4) is 0 Å². The first-order valence-corrected chi connectivity index (χ1v) is 5.73. The number of nitrogens with zero attached hydrogens (tertiary/aromatic N) is 1. The molecule has 2 rings (SSSR count). The van der Waals surface area contributed by atoms with Crippen LogP contribution in [0.1, 0.15) is 16.1 Å². The number of hydrogen-bond donors (Lipinski definition) is 1. The molecular formula is C12H17NO5. The first-order chi connectivity index (χ1) is 8.65. The lowest BCUT2D eigenvalue weighted by molar-refractivity contribution is -0.00461. The second kappa shape index (κ2) is 5.51. The van der Waals surface area contributed by atoms with Crippen molar-refractivity contribution in [2.45, 2.75) is 18.8 Å². The zero-order valence-electron chi connectivity index (χ0n) is 10.5. The van der Waals surface area contributed by atoms with E-state index in [-0.39, 0.29) is 17.8 Å². The Labute approximate surface area is 105 Å². The van der Waals surface area contributed by atoms with Crippen LogP contribution in [0.5, 0.6) is 0 Å². The summed E-state index contributed by atoms with van der Waals surface area (Å²) < 4.78 is 15.9. The van der Waals surface area contributed by atoms with Gasteiger partial charge in [-0.3, -0.25) is 4.90 Å². The van der Waals surface area contributed by atoms with Crippen LogP contribution in [-0.2, 0) is 16.0 Å². The van der Waals surface area contributed by atoms with E-state index < -0.39 is 5.97 Å². The average molecular weight is 255 g/mol. The van der Waals surface area contributed by atoms with Crippen LogP contribution >= 0.6 is 0 Å². The summed E-state index contributed by atoms with van der Waals surface area (Å²) in [5.41, 5.74) is 0.213. The van der Waals surface area contributed by atoms with E-state index in [0.29, 0.717) is 25.4 Å². The van der Waals surface area contributed by atoms with Crippen LogP contribution in [0.2, 0.25) is 0 Å². The molecule has 0 spiro atoms. The van der Waals surface area contributed by atoms with Crippen molar-refractivity contribution < 1.29 is 23.8 Å². The van der Waals surface area contributed by atoms with Crippen LogP contribution in [0.25, 0.3) is 0 Å². The Morgan fingerprint density at radius 1 is 1.44 bits per heavy atom. The molecule has 1 aromatic rings. The minimum Gasteiger partial charge on any atom is -0.478 e. The zero-order chi connectivity index (χ0) is 13.1. The molecule has 1 aliphatic heterocycles. The van der Waals surface area contributed by atoms with Crippen LogP contribution in [0.15, 0.2) is 16.7 Å². The molecule has 1 fully saturated rings. The topological polar surface area (TPSA) is 72.1 Å². The number of carbonyl (C=O) groups is 1. The largest absolute Gasteiger partial charge is 0.478 e. The molecule has 0 aromatic carbocycles. The van der Waals surface area contributed by atoms with Gasteiger partial charge in [-0.05, 0) is 6.07 Å². The molecule has 0 radical (unpaired) electrons. The summed E-state index contributed by atoms with van der Waals surface area (Å²) in [7, 11) is 3.30. The van der Waals surface area contributed by atoms with Crippen LogP contribution in [-0.4, -0.2) is 55.5 Å². The molecule has 2 unspecified atom stereocenters. The normalized spacial score (nSPS) is 24.6. The maximum atomic E-state index is 11.0. The Kier molecular flexibility index (Phi) is 4.00. The van der Waals surface area contributed by atoms with Gasteiger partial charge in [0.1, 0.15) is 11.3 Å². The summed E-state index contributed by atoms with van der Waals surface area (Å²) in [6, 6.07) is 1.47. The Balaban J connectivity index is 2.02. The minimum atomic E-state index is -0.968. The highest BCUT2D eigenvalue weighted by atomic mass is 16.5. The average Bonchev–Trinajstić information content (AvgIpc) is 2.95. The van der Waals surface area contributed by atoms with Crippen LogP contribution < -0.4 is 0 Å². The number of rotatable bonds is 5. The Morgan fingerprint density at radius 2 is 2.06 bits per heavy atom. The highest BCUT2D eigenvalue weighted by molar-refractivity contribution is 5.88. The van der Waals surface area contributed by atoms with Gasteiger partial charge in [-0.1, -0.05) is 0 Å². The van der Waals surface area contributed by atoms with E-state index in [1.165, 1.54) is 12.3 Å². The lowest BCUT2D eigenvalue weighted by atomic mass is 10.2. The van der Waals surface area contributed by atoms with Gasteiger partial charge in [0, 0.05) is 27.3 Å². The Morgan fingerprint density at radius 3 is 2.56 bits per heavy atom. The smallest absolute Gasteiger partial charge is 0.339 e. The predicted octanol–water partition coefficient (Wildman–Crippen LogP) is 0.823. The van der Waals surface area contributed by atoms with Crippen LogP contribution in [0.3, 0.4) is 0 Å². The van der Waals surface area contributed by atoms with Gasteiger partial charge in [-0.15, -0.1) is 0 Å². The number of carboxylic acid groups (broad SMARTS) is 1. The van der Waals surface area contributed by atoms with Gasteiger partial charge in [0.25, 0.3) is 0 Å². The van der Waals surface area contributed by atoms with Crippen LogP contribution in [0, 0.1) is 0 Å². The standard InChI is InChI=1S/C12H17NO5/c1-16-10-6-13(7-11(10)17-2)5-9-8(12(14)15)3-4-18-9/h3-4,10-11H,5-7H2,1-2H3,(H,14,15). The summed E-state index contributed by atoms with van der Waals surface area (Å²) in [6.45, 7) is 1.86. The van der Waals surface area contributed by atoms with Crippen molar-refractivity contribution in [2.75, 3.05) is 27.3 Å². The van der Waals surface area contributed by atoms with Gasteiger partial charge in [-0.2, -0.15) is 0 Å². The Hall–Kier alpha value is -1.37. The molecule has 0 aliphatic carbocycles. The molecule has 6 heteroatoms. The molecule has 1 saturated heterocycles. The lowest BCUT2D eigenvalue weighted by Crippen LogP contribution is -2.27. The highest BCUT2D eigenvalue weighted by Gasteiger charge is 2.33. The molecule has 1 aliphatic rings. The fourth-order valence-corrected chi connectivity index (χ4v) is 2.26. The van der Waals surface area contributed by atoms with Gasteiger partial charge < -0.3 is 19.0 Å². The monoisotopic (exact) mass is 255 g/mol. The SMILES string of the molecule is COC1CN(Cc2occc2C(=O)O)CC1OC. The van der Waals surface area contributed by atoms with E-state index in [2.05, 4.69) is 4.90 Å². The fourth-order valence-electron chi connectivity index (χ4n) is 2.26. The van der Waals surface area contributed by atoms with Crippen molar-refractivity contribution in [2.24, 2.45) is 0 Å². The van der Waals surface area contributed by atoms with Crippen molar-refractivity contribution in [3.05, 3.63) is 23.7 Å². The van der Waals surface area contributed by atoms with Crippen molar-refractivity contribution in [1.29, 1.82) is 0 Å². The summed E-state index contributed by atoms with van der Waals surface area (Å²) in [6.07, 6.45) is 1.42. The molecule has 0 saturated carbocycles. The third kappa shape index (κ3) is 2.55. The maximum absolute atomic E-state index is 11.0. The molecule has 0 amide bonds. The fraction of sp³-hybridized carbons (Fsp3) is 0.583. The minimum absolute atomic E-state index is 0.0123. The summed E-state index contributed by atoms with van der Waals surface area (Å²) in [4.78, 5) is 13.0. The third-order valence-corrected chi connectivity index (χ3v) is 3.24. The molecule has 0 bridgehead atoms.